The van der Waals surface area contributed by atoms with E-state index >= 15 is 0 Å². The molecule has 3 nitrogen and oxygen atoms in total. The Morgan fingerprint density at radius 2 is 2.06 bits per heavy atom. The molecule has 18 heavy (non-hydrogen) atoms. The highest BCUT2D eigenvalue weighted by atomic mass is 32.1. The molecule has 1 N–H and O–H groups in total. The van der Waals surface area contributed by atoms with E-state index in [9.17, 15) is 14.3 Å². The molecule has 1 saturated heterocycles. The summed E-state index contributed by atoms with van der Waals surface area (Å²) in [6.07, 6.45) is 1.03. The molecular formula is C13H16FNO2S. The fourth-order valence-corrected chi connectivity index (χ4v) is 2.24. The van der Waals surface area contributed by atoms with E-state index in [-0.39, 0.29) is 11.5 Å². The van der Waals surface area contributed by atoms with E-state index in [2.05, 4.69) is 12.6 Å². The van der Waals surface area contributed by atoms with E-state index in [1.165, 1.54) is 18.2 Å². The molecular weight excluding hydrogens is 253 g/mol. The van der Waals surface area contributed by atoms with Gasteiger partial charge in [0, 0.05) is 18.0 Å². The van der Waals surface area contributed by atoms with E-state index < -0.39 is 11.4 Å². The van der Waals surface area contributed by atoms with Gasteiger partial charge in [0.05, 0.1) is 11.2 Å². The van der Waals surface area contributed by atoms with Crippen LogP contribution in [0.3, 0.4) is 0 Å². The van der Waals surface area contributed by atoms with Crippen LogP contribution in [0.25, 0.3) is 0 Å². The van der Waals surface area contributed by atoms with Crippen molar-refractivity contribution in [1.29, 1.82) is 0 Å². The highest BCUT2D eigenvalue weighted by molar-refractivity contribution is 7.80. The number of aliphatic hydroxyl groups is 1. The zero-order valence-electron chi connectivity index (χ0n) is 10.2. The van der Waals surface area contributed by atoms with E-state index in [4.69, 9.17) is 0 Å². The second-order valence-electron chi connectivity index (χ2n) is 4.95. The normalized spacial score (nSPS) is 18.8. The van der Waals surface area contributed by atoms with Crippen LogP contribution in [0.4, 0.5) is 4.39 Å². The average molecular weight is 269 g/mol. The third-order valence-electron chi connectivity index (χ3n) is 3.31. The lowest BCUT2D eigenvalue weighted by Crippen LogP contribution is -2.45. The van der Waals surface area contributed by atoms with Crippen LogP contribution in [0.2, 0.25) is 0 Å². The molecule has 0 aromatic heterocycles. The molecule has 0 aliphatic carbocycles. The van der Waals surface area contributed by atoms with Crippen LogP contribution >= 0.6 is 12.6 Å². The first-order valence-corrected chi connectivity index (χ1v) is 6.34. The number of likely N-dealkylation sites (tertiary alicyclic amines) is 1. The van der Waals surface area contributed by atoms with Gasteiger partial charge in [0.25, 0.3) is 5.91 Å². The molecule has 2 rings (SSSR count). The fraction of sp³-hybridized carbons (Fsp3) is 0.462. The first-order chi connectivity index (χ1) is 8.39. The highest BCUT2D eigenvalue weighted by Gasteiger charge is 2.30. The van der Waals surface area contributed by atoms with Gasteiger partial charge < -0.3 is 10.0 Å². The molecule has 0 spiro atoms. The van der Waals surface area contributed by atoms with Crippen molar-refractivity contribution in [3.05, 3.63) is 29.6 Å². The van der Waals surface area contributed by atoms with E-state index in [1.807, 2.05) is 0 Å². The molecule has 0 saturated carbocycles. The average Bonchev–Trinajstić information content (AvgIpc) is 2.31. The van der Waals surface area contributed by atoms with Crippen molar-refractivity contribution in [1.82, 2.24) is 4.90 Å². The number of carbonyl (C=O) groups excluding carboxylic acids is 1. The smallest absolute Gasteiger partial charge is 0.256 e. The molecule has 1 heterocycles. The number of hydrogen-bond donors (Lipinski definition) is 2. The molecule has 0 radical (unpaired) electrons. The van der Waals surface area contributed by atoms with Gasteiger partial charge in [-0.1, -0.05) is 0 Å². The summed E-state index contributed by atoms with van der Waals surface area (Å²) in [5.41, 5.74) is -0.676. The first kappa shape index (κ1) is 13.4. The number of piperidine rings is 1. The minimum Gasteiger partial charge on any atom is -0.390 e. The van der Waals surface area contributed by atoms with Crippen LogP contribution in [0, 0.1) is 5.82 Å². The van der Waals surface area contributed by atoms with Gasteiger partial charge in [-0.3, -0.25) is 4.79 Å². The van der Waals surface area contributed by atoms with E-state index in [0.29, 0.717) is 30.8 Å². The molecule has 1 aromatic carbocycles. The molecule has 1 amide bonds. The van der Waals surface area contributed by atoms with Gasteiger partial charge in [-0.15, -0.1) is 12.6 Å². The Morgan fingerprint density at radius 3 is 2.67 bits per heavy atom. The minimum atomic E-state index is -0.722. The summed E-state index contributed by atoms with van der Waals surface area (Å²) in [5.74, 6) is -0.867. The fourth-order valence-electron chi connectivity index (χ4n) is 2.04. The van der Waals surface area contributed by atoms with Gasteiger partial charge in [0.1, 0.15) is 5.82 Å². The van der Waals surface area contributed by atoms with Gasteiger partial charge in [-0.05, 0) is 38.0 Å². The summed E-state index contributed by atoms with van der Waals surface area (Å²) >= 11 is 4.11. The van der Waals surface area contributed by atoms with Crippen LogP contribution in [0.5, 0.6) is 0 Å². The number of benzene rings is 1. The lowest BCUT2D eigenvalue weighted by atomic mass is 9.93. The zero-order valence-corrected chi connectivity index (χ0v) is 11.1. The van der Waals surface area contributed by atoms with Gasteiger partial charge in [0.15, 0.2) is 0 Å². The lowest BCUT2D eigenvalue weighted by molar-refractivity contribution is -0.00214. The molecule has 0 unspecified atom stereocenters. The number of amides is 1. The third-order valence-corrected chi connectivity index (χ3v) is 3.59. The third kappa shape index (κ3) is 2.84. The van der Waals surface area contributed by atoms with Crippen molar-refractivity contribution in [3.63, 3.8) is 0 Å². The van der Waals surface area contributed by atoms with Crippen molar-refractivity contribution in [2.24, 2.45) is 0 Å². The molecule has 98 valence electrons. The minimum absolute atomic E-state index is 0.0454. The van der Waals surface area contributed by atoms with E-state index in [0.717, 1.165) is 0 Å². The SMILES string of the molecule is CC1(O)CCN(C(=O)c2cc(S)ccc2F)CC1. The predicted molar refractivity (Wildman–Crippen MR) is 69.4 cm³/mol. The van der Waals surface area contributed by atoms with E-state index in [1.54, 1.807) is 11.8 Å². The molecule has 1 aliphatic heterocycles. The van der Waals surface area contributed by atoms with Crippen molar-refractivity contribution in [2.75, 3.05) is 13.1 Å². The predicted octanol–water partition coefficient (Wildman–Crippen LogP) is 2.10. The van der Waals surface area contributed by atoms with Gasteiger partial charge in [-0.2, -0.15) is 0 Å². The number of carbonyl (C=O) groups is 1. The Bertz CT molecular complexity index is 466. The summed E-state index contributed by atoms with van der Waals surface area (Å²) in [6.45, 7) is 2.65. The summed E-state index contributed by atoms with van der Waals surface area (Å²) in [6, 6.07) is 4.19. The van der Waals surface area contributed by atoms with Gasteiger partial charge in [0.2, 0.25) is 0 Å². The number of thiol groups is 1. The second-order valence-corrected chi connectivity index (χ2v) is 5.47. The Hall–Kier alpha value is -1.07. The summed E-state index contributed by atoms with van der Waals surface area (Å²) < 4.78 is 13.6. The summed E-state index contributed by atoms with van der Waals surface area (Å²) in [4.78, 5) is 14.3. The molecule has 0 bridgehead atoms. The largest absolute Gasteiger partial charge is 0.390 e. The number of halogens is 1. The van der Waals surface area contributed by atoms with Crippen molar-refractivity contribution < 1.29 is 14.3 Å². The Morgan fingerprint density at radius 1 is 1.44 bits per heavy atom. The van der Waals surface area contributed by atoms with Crippen LogP contribution in [0.15, 0.2) is 23.1 Å². The molecule has 0 atom stereocenters. The van der Waals surface area contributed by atoms with Crippen LogP contribution in [-0.2, 0) is 0 Å². The second kappa shape index (κ2) is 4.90. The van der Waals surface area contributed by atoms with Crippen LogP contribution in [0.1, 0.15) is 30.1 Å². The quantitative estimate of drug-likeness (QED) is 0.767. The highest BCUT2D eigenvalue weighted by Crippen LogP contribution is 2.23. The molecule has 5 heteroatoms. The van der Waals surface area contributed by atoms with Crippen LogP contribution in [-0.4, -0.2) is 34.6 Å². The van der Waals surface area contributed by atoms with Gasteiger partial charge >= 0.3 is 0 Å². The molecule has 1 aromatic rings. The summed E-state index contributed by atoms with van der Waals surface area (Å²) in [7, 11) is 0. The lowest BCUT2D eigenvalue weighted by Gasteiger charge is -2.35. The number of hydrogen-bond acceptors (Lipinski definition) is 3. The zero-order chi connectivity index (χ0) is 13.3. The Labute approximate surface area is 111 Å². The maximum absolute atomic E-state index is 13.6. The van der Waals surface area contributed by atoms with Crippen molar-refractivity contribution in [2.45, 2.75) is 30.3 Å². The first-order valence-electron chi connectivity index (χ1n) is 5.89. The Balaban J connectivity index is 2.15. The number of rotatable bonds is 1. The topological polar surface area (TPSA) is 40.5 Å². The molecule has 1 aliphatic rings. The maximum atomic E-state index is 13.6. The Kier molecular flexibility index (Phi) is 3.64. The van der Waals surface area contributed by atoms with Gasteiger partial charge in [-0.25, -0.2) is 4.39 Å². The molecule has 1 fully saturated rings. The van der Waals surface area contributed by atoms with Crippen LogP contribution < -0.4 is 0 Å². The number of nitrogens with zero attached hydrogens (tertiary/aromatic N) is 1. The monoisotopic (exact) mass is 269 g/mol. The van der Waals surface area contributed by atoms with Crippen molar-refractivity contribution >= 4 is 18.5 Å². The maximum Gasteiger partial charge on any atom is 0.256 e. The van der Waals surface area contributed by atoms with Crippen molar-refractivity contribution in [3.8, 4) is 0 Å². The standard InChI is InChI=1S/C13H16FNO2S/c1-13(17)4-6-15(7-5-13)12(16)10-8-9(18)2-3-11(10)14/h2-3,8,17-18H,4-7H2,1H3. The summed E-state index contributed by atoms with van der Waals surface area (Å²) in [5, 5.41) is 9.82.